The number of carbonyl (C=O) groups is 1. The van der Waals surface area contributed by atoms with Gasteiger partial charge in [-0.3, -0.25) is 4.79 Å². The average molecular weight is 273 g/mol. The maximum atomic E-state index is 12.3. The number of hydrogen-bond acceptors (Lipinski definition) is 4. The van der Waals surface area contributed by atoms with E-state index < -0.39 is 5.54 Å². The van der Waals surface area contributed by atoms with Gasteiger partial charge in [0.05, 0.1) is 16.9 Å². The lowest BCUT2D eigenvalue weighted by atomic mass is 9.96. The number of para-hydroxylation sites is 2. The number of anilines is 1. The molecule has 20 heavy (non-hydrogen) atoms. The Bertz CT molecular complexity index is 577. The Labute approximate surface area is 118 Å². The fourth-order valence-corrected chi connectivity index (χ4v) is 2.01. The molecule has 0 aliphatic rings. The van der Waals surface area contributed by atoms with Gasteiger partial charge in [-0.05, 0) is 25.5 Å². The lowest BCUT2D eigenvalue weighted by Gasteiger charge is -2.23. The van der Waals surface area contributed by atoms with Gasteiger partial charge in [-0.15, -0.1) is 0 Å². The highest BCUT2D eigenvalue weighted by Crippen LogP contribution is 2.20. The van der Waals surface area contributed by atoms with Crippen LogP contribution in [0.15, 0.2) is 36.9 Å². The van der Waals surface area contributed by atoms with Crippen molar-refractivity contribution in [3.05, 3.63) is 36.9 Å². The van der Waals surface area contributed by atoms with Crippen LogP contribution in [0.1, 0.15) is 26.7 Å². The summed E-state index contributed by atoms with van der Waals surface area (Å²) in [6, 6.07) is 7.40. The van der Waals surface area contributed by atoms with Crippen LogP contribution in [0.25, 0.3) is 5.69 Å². The van der Waals surface area contributed by atoms with Crippen LogP contribution in [-0.4, -0.2) is 26.2 Å². The van der Waals surface area contributed by atoms with Gasteiger partial charge < -0.3 is 11.1 Å². The lowest BCUT2D eigenvalue weighted by molar-refractivity contribution is -0.120. The first kappa shape index (κ1) is 14.2. The SMILES string of the molecule is CCCC(C)(N)C(=O)Nc1ccccc1-n1cncn1. The highest BCUT2D eigenvalue weighted by Gasteiger charge is 2.27. The van der Waals surface area contributed by atoms with E-state index in [0.29, 0.717) is 12.1 Å². The monoisotopic (exact) mass is 273 g/mol. The summed E-state index contributed by atoms with van der Waals surface area (Å²) in [5.74, 6) is -0.202. The molecule has 0 aliphatic heterocycles. The van der Waals surface area contributed by atoms with E-state index in [1.165, 1.54) is 6.33 Å². The van der Waals surface area contributed by atoms with Gasteiger partial charge in [0, 0.05) is 0 Å². The van der Waals surface area contributed by atoms with Gasteiger partial charge in [0.1, 0.15) is 12.7 Å². The van der Waals surface area contributed by atoms with Crippen molar-refractivity contribution in [1.29, 1.82) is 0 Å². The van der Waals surface area contributed by atoms with Crippen LogP contribution in [0, 0.1) is 0 Å². The Morgan fingerprint density at radius 1 is 1.45 bits per heavy atom. The highest BCUT2D eigenvalue weighted by molar-refractivity contribution is 5.99. The molecule has 0 bridgehead atoms. The zero-order valence-electron chi connectivity index (χ0n) is 11.7. The molecule has 1 atom stereocenters. The molecule has 1 heterocycles. The average Bonchev–Trinajstić information content (AvgIpc) is 2.93. The zero-order chi connectivity index (χ0) is 14.6. The minimum Gasteiger partial charge on any atom is -0.323 e. The molecule has 6 nitrogen and oxygen atoms in total. The van der Waals surface area contributed by atoms with Gasteiger partial charge in [-0.1, -0.05) is 25.5 Å². The van der Waals surface area contributed by atoms with Crippen LogP contribution in [0.2, 0.25) is 0 Å². The van der Waals surface area contributed by atoms with Crippen molar-refractivity contribution in [1.82, 2.24) is 14.8 Å². The first-order valence-electron chi connectivity index (χ1n) is 6.59. The first-order valence-corrected chi connectivity index (χ1v) is 6.59. The smallest absolute Gasteiger partial charge is 0.244 e. The van der Waals surface area contributed by atoms with Crippen LogP contribution in [0.4, 0.5) is 5.69 Å². The first-order chi connectivity index (χ1) is 9.54. The Balaban J connectivity index is 2.25. The molecule has 1 aromatic carbocycles. The molecule has 0 saturated heterocycles. The number of carbonyl (C=O) groups excluding carboxylic acids is 1. The predicted octanol–water partition coefficient (Wildman–Crippen LogP) is 1.72. The van der Waals surface area contributed by atoms with Gasteiger partial charge in [-0.25, -0.2) is 9.67 Å². The lowest BCUT2D eigenvalue weighted by Crippen LogP contribution is -2.48. The van der Waals surface area contributed by atoms with Gasteiger partial charge in [0.15, 0.2) is 0 Å². The second kappa shape index (κ2) is 5.83. The van der Waals surface area contributed by atoms with E-state index in [9.17, 15) is 4.79 Å². The van der Waals surface area contributed by atoms with Crippen molar-refractivity contribution < 1.29 is 4.79 Å². The molecule has 1 unspecified atom stereocenters. The van der Waals surface area contributed by atoms with Gasteiger partial charge in [0.25, 0.3) is 0 Å². The maximum Gasteiger partial charge on any atom is 0.244 e. The van der Waals surface area contributed by atoms with Crippen LogP contribution in [0.3, 0.4) is 0 Å². The fourth-order valence-electron chi connectivity index (χ4n) is 2.01. The van der Waals surface area contributed by atoms with Crippen LogP contribution < -0.4 is 11.1 Å². The van der Waals surface area contributed by atoms with Crippen LogP contribution >= 0.6 is 0 Å². The van der Waals surface area contributed by atoms with E-state index in [0.717, 1.165) is 12.1 Å². The summed E-state index contributed by atoms with van der Waals surface area (Å²) in [6.07, 6.45) is 4.51. The number of aromatic nitrogens is 3. The number of benzene rings is 1. The Morgan fingerprint density at radius 3 is 2.85 bits per heavy atom. The normalized spacial score (nSPS) is 13.8. The Morgan fingerprint density at radius 2 is 2.20 bits per heavy atom. The summed E-state index contributed by atoms with van der Waals surface area (Å²) in [7, 11) is 0. The van der Waals surface area contributed by atoms with Gasteiger partial charge in [-0.2, -0.15) is 5.10 Å². The topological polar surface area (TPSA) is 85.8 Å². The number of amides is 1. The Hall–Kier alpha value is -2.21. The molecule has 2 aromatic rings. The largest absolute Gasteiger partial charge is 0.323 e. The highest BCUT2D eigenvalue weighted by atomic mass is 16.2. The van der Waals surface area contributed by atoms with E-state index in [1.807, 2.05) is 31.2 Å². The van der Waals surface area contributed by atoms with Crippen molar-refractivity contribution in [2.75, 3.05) is 5.32 Å². The number of nitrogens with zero attached hydrogens (tertiary/aromatic N) is 3. The summed E-state index contributed by atoms with van der Waals surface area (Å²) in [5, 5.41) is 6.95. The summed E-state index contributed by atoms with van der Waals surface area (Å²) in [6.45, 7) is 3.74. The minimum atomic E-state index is -0.885. The molecule has 3 N–H and O–H groups in total. The van der Waals surface area contributed by atoms with Crippen molar-refractivity contribution in [3.8, 4) is 5.69 Å². The molecule has 0 radical (unpaired) electrons. The second-order valence-electron chi connectivity index (χ2n) is 4.98. The standard InChI is InChI=1S/C14H19N5O/c1-3-8-14(2,15)13(20)18-11-6-4-5-7-12(11)19-10-16-9-17-19/h4-7,9-10H,3,8,15H2,1-2H3,(H,18,20). The number of nitrogens with two attached hydrogens (primary N) is 1. The second-order valence-corrected chi connectivity index (χ2v) is 4.98. The molecule has 106 valence electrons. The molecule has 6 heteroatoms. The van der Waals surface area contributed by atoms with Crippen molar-refractivity contribution in [3.63, 3.8) is 0 Å². The molecule has 0 fully saturated rings. The molecular weight excluding hydrogens is 254 g/mol. The zero-order valence-corrected chi connectivity index (χ0v) is 11.7. The molecular formula is C14H19N5O. The van der Waals surface area contributed by atoms with Crippen LogP contribution in [-0.2, 0) is 4.79 Å². The number of nitrogens with one attached hydrogen (secondary N) is 1. The van der Waals surface area contributed by atoms with E-state index in [-0.39, 0.29) is 5.91 Å². The van der Waals surface area contributed by atoms with E-state index in [2.05, 4.69) is 15.4 Å². The molecule has 1 amide bonds. The number of rotatable bonds is 5. The van der Waals surface area contributed by atoms with Crippen molar-refractivity contribution >= 4 is 11.6 Å². The minimum absolute atomic E-state index is 0.202. The summed E-state index contributed by atoms with van der Waals surface area (Å²) in [5.41, 5.74) is 6.57. The quantitative estimate of drug-likeness (QED) is 0.868. The van der Waals surface area contributed by atoms with Crippen molar-refractivity contribution in [2.45, 2.75) is 32.2 Å². The molecule has 0 spiro atoms. The van der Waals surface area contributed by atoms with Crippen LogP contribution in [0.5, 0.6) is 0 Å². The third-order valence-corrected chi connectivity index (χ3v) is 3.11. The summed E-state index contributed by atoms with van der Waals surface area (Å²) in [4.78, 5) is 16.2. The molecule has 2 rings (SSSR count). The van der Waals surface area contributed by atoms with Gasteiger partial charge in [0.2, 0.25) is 5.91 Å². The number of hydrogen-bond donors (Lipinski definition) is 2. The predicted molar refractivity (Wildman–Crippen MR) is 77.5 cm³/mol. The third-order valence-electron chi connectivity index (χ3n) is 3.11. The van der Waals surface area contributed by atoms with E-state index in [4.69, 9.17) is 5.73 Å². The summed E-state index contributed by atoms with van der Waals surface area (Å²) < 4.78 is 1.60. The molecule has 0 aliphatic carbocycles. The fraction of sp³-hybridized carbons (Fsp3) is 0.357. The molecule has 1 aromatic heterocycles. The van der Waals surface area contributed by atoms with Gasteiger partial charge >= 0.3 is 0 Å². The summed E-state index contributed by atoms with van der Waals surface area (Å²) >= 11 is 0. The van der Waals surface area contributed by atoms with E-state index >= 15 is 0 Å². The third kappa shape index (κ3) is 3.03. The van der Waals surface area contributed by atoms with E-state index in [1.54, 1.807) is 17.9 Å². The molecule has 0 saturated carbocycles. The maximum absolute atomic E-state index is 12.3. The Kier molecular flexibility index (Phi) is 4.14. The van der Waals surface area contributed by atoms with Crippen molar-refractivity contribution in [2.24, 2.45) is 5.73 Å².